The minimum absolute atomic E-state index is 0.0308. The fraction of sp³-hybridized carbons (Fsp3) is 0.278. The van der Waals surface area contributed by atoms with Crippen molar-refractivity contribution in [3.05, 3.63) is 70.2 Å². The molecule has 2 aromatic carbocycles. The monoisotopic (exact) mass is 301 g/mol. The van der Waals surface area contributed by atoms with Gasteiger partial charge in [-0.3, -0.25) is 4.79 Å². The molecule has 0 aliphatic carbocycles. The van der Waals surface area contributed by atoms with Crippen molar-refractivity contribution < 1.29 is 4.79 Å². The molecule has 1 N–H and O–H groups in total. The van der Waals surface area contributed by atoms with E-state index < -0.39 is 0 Å². The molecule has 0 heterocycles. The van der Waals surface area contributed by atoms with E-state index in [2.05, 4.69) is 36.5 Å². The molecule has 0 spiro atoms. The molecule has 2 rings (SSSR count). The van der Waals surface area contributed by atoms with E-state index >= 15 is 0 Å². The third kappa shape index (κ3) is 4.91. The van der Waals surface area contributed by atoms with Crippen LogP contribution in [0.4, 0.5) is 0 Å². The van der Waals surface area contributed by atoms with E-state index in [1.165, 1.54) is 5.56 Å². The van der Waals surface area contributed by atoms with Gasteiger partial charge in [0.05, 0.1) is 6.04 Å². The molecule has 0 radical (unpaired) electrons. The summed E-state index contributed by atoms with van der Waals surface area (Å²) in [5.74, 6) is 0.0676. The summed E-state index contributed by atoms with van der Waals surface area (Å²) >= 11 is 5.84. The standard InChI is InChI=1S/C18H20ClNO/c1-13-3-8-16(9-4-13)14(2)20-18(21)12-7-15-5-10-17(19)11-6-15/h3-6,8-11,14H,7,12H2,1-2H3,(H,20,21)/t14-/m0/s1. The van der Waals surface area contributed by atoms with Crippen molar-refractivity contribution in [2.24, 2.45) is 0 Å². The third-order valence-electron chi connectivity index (χ3n) is 3.51. The molecule has 0 saturated heterocycles. The Morgan fingerprint density at radius 1 is 1.10 bits per heavy atom. The molecule has 1 atom stereocenters. The van der Waals surface area contributed by atoms with Crippen LogP contribution >= 0.6 is 11.6 Å². The largest absolute Gasteiger partial charge is 0.350 e. The number of nitrogens with one attached hydrogen (secondary N) is 1. The molecule has 0 aromatic heterocycles. The summed E-state index contributed by atoms with van der Waals surface area (Å²) in [5, 5.41) is 3.75. The molecule has 110 valence electrons. The number of hydrogen-bond donors (Lipinski definition) is 1. The van der Waals surface area contributed by atoms with E-state index in [0.717, 1.165) is 22.6 Å². The Balaban J connectivity index is 1.83. The van der Waals surface area contributed by atoms with E-state index in [1.54, 1.807) is 0 Å². The first kappa shape index (κ1) is 15.6. The number of rotatable bonds is 5. The second-order valence-electron chi connectivity index (χ2n) is 5.33. The predicted molar refractivity (Wildman–Crippen MR) is 87.5 cm³/mol. The lowest BCUT2D eigenvalue weighted by Crippen LogP contribution is -2.26. The Kier molecular flexibility index (Phi) is 5.40. The molecule has 21 heavy (non-hydrogen) atoms. The highest BCUT2D eigenvalue weighted by Crippen LogP contribution is 2.14. The van der Waals surface area contributed by atoms with Crippen LogP contribution in [0.2, 0.25) is 5.02 Å². The van der Waals surface area contributed by atoms with Crippen LogP contribution in [0, 0.1) is 6.92 Å². The lowest BCUT2D eigenvalue weighted by molar-refractivity contribution is -0.121. The zero-order valence-electron chi connectivity index (χ0n) is 12.4. The lowest BCUT2D eigenvalue weighted by Gasteiger charge is -2.14. The fourth-order valence-electron chi connectivity index (χ4n) is 2.16. The molecule has 0 bridgehead atoms. The van der Waals surface area contributed by atoms with E-state index in [-0.39, 0.29) is 11.9 Å². The number of carbonyl (C=O) groups excluding carboxylic acids is 1. The fourth-order valence-corrected chi connectivity index (χ4v) is 2.29. The summed E-state index contributed by atoms with van der Waals surface area (Å²) in [4.78, 5) is 12.0. The molecule has 3 heteroatoms. The van der Waals surface area contributed by atoms with Crippen molar-refractivity contribution >= 4 is 17.5 Å². The highest BCUT2D eigenvalue weighted by atomic mass is 35.5. The zero-order valence-corrected chi connectivity index (χ0v) is 13.2. The number of hydrogen-bond acceptors (Lipinski definition) is 1. The first-order valence-electron chi connectivity index (χ1n) is 7.15. The Labute approximate surface area is 131 Å². The SMILES string of the molecule is Cc1ccc([C@H](C)NC(=O)CCc2ccc(Cl)cc2)cc1. The van der Waals surface area contributed by atoms with Gasteiger partial charge in [-0.15, -0.1) is 0 Å². The van der Waals surface area contributed by atoms with E-state index in [0.29, 0.717) is 6.42 Å². The average Bonchev–Trinajstić information content (AvgIpc) is 2.47. The lowest BCUT2D eigenvalue weighted by atomic mass is 10.1. The molecule has 1 amide bonds. The summed E-state index contributed by atoms with van der Waals surface area (Å²) in [6.45, 7) is 4.06. The third-order valence-corrected chi connectivity index (χ3v) is 3.76. The number of carbonyl (C=O) groups is 1. The van der Waals surface area contributed by atoms with Gasteiger partial charge in [0.2, 0.25) is 5.91 Å². The normalized spacial score (nSPS) is 12.0. The Bertz CT molecular complexity index is 590. The minimum atomic E-state index is 0.0308. The Morgan fingerprint density at radius 2 is 1.71 bits per heavy atom. The van der Waals surface area contributed by atoms with Gasteiger partial charge in [-0.05, 0) is 43.5 Å². The van der Waals surface area contributed by atoms with Crippen molar-refractivity contribution in [1.29, 1.82) is 0 Å². The molecular formula is C18H20ClNO. The summed E-state index contributed by atoms with van der Waals surface area (Å²) in [5.41, 5.74) is 3.47. The second kappa shape index (κ2) is 7.28. The molecular weight excluding hydrogens is 282 g/mol. The van der Waals surface area contributed by atoms with Crippen LogP contribution in [-0.4, -0.2) is 5.91 Å². The first-order valence-corrected chi connectivity index (χ1v) is 7.53. The molecule has 0 aliphatic rings. The van der Waals surface area contributed by atoms with Gasteiger partial charge in [0.25, 0.3) is 0 Å². The summed E-state index contributed by atoms with van der Waals surface area (Å²) < 4.78 is 0. The maximum absolute atomic E-state index is 12.0. The van der Waals surface area contributed by atoms with Crippen LogP contribution in [0.5, 0.6) is 0 Å². The van der Waals surface area contributed by atoms with Crippen LogP contribution in [-0.2, 0) is 11.2 Å². The van der Waals surface area contributed by atoms with Crippen molar-refractivity contribution in [2.75, 3.05) is 0 Å². The number of aryl methyl sites for hydroxylation is 2. The zero-order chi connectivity index (χ0) is 15.2. The quantitative estimate of drug-likeness (QED) is 0.868. The number of amides is 1. The van der Waals surface area contributed by atoms with Gasteiger partial charge in [0.15, 0.2) is 0 Å². The van der Waals surface area contributed by atoms with Gasteiger partial charge in [-0.2, -0.15) is 0 Å². The van der Waals surface area contributed by atoms with Gasteiger partial charge in [0.1, 0.15) is 0 Å². The second-order valence-corrected chi connectivity index (χ2v) is 5.76. The van der Waals surface area contributed by atoms with Crippen LogP contribution in [0.15, 0.2) is 48.5 Å². The molecule has 0 aliphatic heterocycles. The topological polar surface area (TPSA) is 29.1 Å². The molecule has 2 nitrogen and oxygen atoms in total. The van der Waals surface area contributed by atoms with E-state index in [1.807, 2.05) is 31.2 Å². The predicted octanol–water partition coefficient (Wildman–Crippen LogP) is 4.46. The van der Waals surface area contributed by atoms with Crippen LogP contribution in [0.3, 0.4) is 0 Å². The van der Waals surface area contributed by atoms with Gasteiger partial charge in [-0.1, -0.05) is 53.6 Å². The van der Waals surface area contributed by atoms with Crippen molar-refractivity contribution in [1.82, 2.24) is 5.32 Å². The number of benzene rings is 2. The van der Waals surface area contributed by atoms with Crippen LogP contribution < -0.4 is 5.32 Å². The van der Waals surface area contributed by atoms with Crippen LogP contribution in [0.1, 0.15) is 36.1 Å². The molecule has 0 unspecified atom stereocenters. The van der Waals surface area contributed by atoms with E-state index in [4.69, 9.17) is 11.6 Å². The molecule has 2 aromatic rings. The first-order chi connectivity index (χ1) is 10.0. The summed E-state index contributed by atoms with van der Waals surface area (Å²) in [6.07, 6.45) is 1.21. The van der Waals surface area contributed by atoms with Crippen LogP contribution in [0.25, 0.3) is 0 Å². The van der Waals surface area contributed by atoms with Crippen molar-refractivity contribution in [3.8, 4) is 0 Å². The van der Waals surface area contributed by atoms with Gasteiger partial charge < -0.3 is 5.32 Å². The Hall–Kier alpha value is -1.80. The van der Waals surface area contributed by atoms with Crippen molar-refractivity contribution in [2.45, 2.75) is 32.7 Å². The average molecular weight is 302 g/mol. The smallest absolute Gasteiger partial charge is 0.220 e. The maximum atomic E-state index is 12.0. The molecule has 0 fully saturated rings. The number of halogens is 1. The summed E-state index contributed by atoms with van der Waals surface area (Å²) in [6, 6.07) is 15.9. The van der Waals surface area contributed by atoms with Gasteiger partial charge in [0, 0.05) is 11.4 Å². The Morgan fingerprint density at radius 3 is 2.33 bits per heavy atom. The summed E-state index contributed by atoms with van der Waals surface area (Å²) in [7, 11) is 0. The maximum Gasteiger partial charge on any atom is 0.220 e. The highest BCUT2D eigenvalue weighted by molar-refractivity contribution is 6.30. The minimum Gasteiger partial charge on any atom is -0.350 e. The molecule has 0 saturated carbocycles. The van der Waals surface area contributed by atoms with E-state index in [9.17, 15) is 4.79 Å². The highest BCUT2D eigenvalue weighted by Gasteiger charge is 2.09. The van der Waals surface area contributed by atoms with Crippen molar-refractivity contribution in [3.63, 3.8) is 0 Å². The van der Waals surface area contributed by atoms with Gasteiger partial charge >= 0.3 is 0 Å². The van der Waals surface area contributed by atoms with Gasteiger partial charge in [-0.25, -0.2) is 0 Å².